The highest BCUT2D eigenvalue weighted by molar-refractivity contribution is 5.85. The summed E-state index contributed by atoms with van der Waals surface area (Å²) in [6.07, 6.45) is -0.758. The minimum Gasteiger partial charge on any atom is -0.444 e. The summed E-state index contributed by atoms with van der Waals surface area (Å²) in [5.74, 6) is -0.301. The molecule has 0 aromatic heterocycles. The number of rotatable bonds is 14. The van der Waals surface area contributed by atoms with Crippen LogP contribution in [0.4, 0.5) is 4.79 Å². The maximum absolute atomic E-state index is 13.3. The number of amides is 2. The summed E-state index contributed by atoms with van der Waals surface area (Å²) in [7, 11) is 4.59. The van der Waals surface area contributed by atoms with Gasteiger partial charge < -0.3 is 33.9 Å². The Morgan fingerprint density at radius 2 is 1.70 bits per heavy atom. The standard InChI is InChI=1S/C24H40N2O7/c1-18(25-23(28)33-24(2,3)4)22(27)26(15-21(30-6)31-7)20(17-29-5)13-14-32-16-19-11-9-8-10-12-19/h8-12,18,20-21H,13-17H2,1-7H3,(H,25,28)/t18-,20-/m0/s1. The van der Waals surface area contributed by atoms with Crippen molar-refractivity contribution in [2.45, 2.75) is 64.7 Å². The van der Waals surface area contributed by atoms with Crippen molar-refractivity contribution in [1.82, 2.24) is 10.2 Å². The van der Waals surface area contributed by atoms with E-state index in [1.165, 1.54) is 14.2 Å². The first-order valence-electron chi connectivity index (χ1n) is 11.1. The average Bonchev–Trinajstić information content (AvgIpc) is 2.76. The van der Waals surface area contributed by atoms with Crippen molar-refractivity contribution in [2.24, 2.45) is 0 Å². The second-order valence-electron chi connectivity index (χ2n) is 8.70. The summed E-state index contributed by atoms with van der Waals surface area (Å²) in [4.78, 5) is 27.1. The Morgan fingerprint density at radius 1 is 1.06 bits per heavy atom. The molecule has 9 nitrogen and oxygen atoms in total. The molecule has 0 heterocycles. The van der Waals surface area contributed by atoms with Crippen LogP contribution in [0.1, 0.15) is 39.7 Å². The molecule has 9 heteroatoms. The van der Waals surface area contributed by atoms with Gasteiger partial charge in [0.25, 0.3) is 0 Å². The largest absolute Gasteiger partial charge is 0.444 e. The van der Waals surface area contributed by atoms with Gasteiger partial charge in [-0.25, -0.2) is 4.79 Å². The first-order valence-corrected chi connectivity index (χ1v) is 11.1. The van der Waals surface area contributed by atoms with E-state index in [2.05, 4.69) is 5.32 Å². The predicted molar refractivity (Wildman–Crippen MR) is 125 cm³/mol. The number of hydrogen-bond acceptors (Lipinski definition) is 7. The fraction of sp³-hybridized carbons (Fsp3) is 0.667. The Kier molecular flexibility index (Phi) is 13.0. The van der Waals surface area contributed by atoms with Crippen molar-refractivity contribution < 1.29 is 33.3 Å². The fourth-order valence-corrected chi connectivity index (χ4v) is 3.12. The van der Waals surface area contributed by atoms with Gasteiger partial charge in [-0.3, -0.25) is 4.79 Å². The molecular formula is C24H40N2O7. The maximum Gasteiger partial charge on any atom is 0.408 e. The van der Waals surface area contributed by atoms with Crippen LogP contribution in [0.5, 0.6) is 0 Å². The Labute approximate surface area is 197 Å². The molecule has 2 amide bonds. The zero-order valence-electron chi connectivity index (χ0n) is 21.0. The highest BCUT2D eigenvalue weighted by Crippen LogP contribution is 2.13. The topological polar surface area (TPSA) is 95.6 Å². The highest BCUT2D eigenvalue weighted by atomic mass is 16.7. The summed E-state index contributed by atoms with van der Waals surface area (Å²) in [5.41, 5.74) is 0.404. The zero-order valence-corrected chi connectivity index (χ0v) is 21.0. The van der Waals surface area contributed by atoms with Crippen molar-refractivity contribution in [3.8, 4) is 0 Å². The molecule has 2 atom stereocenters. The fourth-order valence-electron chi connectivity index (χ4n) is 3.12. The maximum atomic E-state index is 13.3. The summed E-state index contributed by atoms with van der Waals surface area (Å²) >= 11 is 0. The molecule has 0 aliphatic rings. The van der Waals surface area contributed by atoms with Crippen LogP contribution in [0.25, 0.3) is 0 Å². The predicted octanol–water partition coefficient (Wildman–Crippen LogP) is 2.97. The Balaban J connectivity index is 2.86. The number of methoxy groups -OCH3 is 3. The lowest BCUT2D eigenvalue weighted by Crippen LogP contribution is -2.55. The van der Waals surface area contributed by atoms with Crippen molar-refractivity contribution in [3.63, 3.8) is 0 Å². The second kappa shape index (κ2) is 14.8. The molecule has 1 rings (SSSR count). The first kappa shape index (κ1) is 28.8. The number of ether oxygens (including phenoxy) is 5. The van der Waals surface area contributed by atoms with Gasteiger partial charge in [0.1, 0.15) is 11.6 Å². The molecule has 1 aromatic rings. The van der Waals surface area contributed by atoms with Crippen LogP contribution >= 0.6 is 0 Å². The van der Waals surface area contributed by atoms with Gasteiger partial charge in [0, 0.05) is 27.9 Å². The SMILES string of the molecule is COC[C@H](CCOCc1ccccc1)N(CC(OC)OC)C(=O)[C@H](C)NC(=O)OC(C)(C)C. The highest BCUT2D eigenvalue weighted by Gasteiger charge is 2.31. The van der Waals surface area contributed by atoms with Crippen LogP contribution in [0.15, 0.2) is 30.3 Å². The van der Waals surface area contributed by atoms with Crippen molar-refractivity contribution in [1.29, 1.82) is 0 Å². The molecule has 0 spiro atoms. The van der Waals surface area contributed by atoms with E-state index in [1.807, 2.05) is 30.3 Å². The van der Waals surface area contributed by atoms with Crippen molar-refractivity contribution in [2.75, 3.05) is 41.1 Å². The number of carbonyl (C=O) groups is 2. The van der Waals surface area contributed by atoms with Crippen LogP contribution in [0.3, 0.4) is 0 Å². The normalized spacial score (nSPS) is 13.5. The van der Waals surface area contributed by atoms with E-state index in [0.717, 1.165) is 5.56 Å². The molecular weight excluding hydrogens is 428 g/mol. The zero-order chi connectivity index (χ0) is 24.9. The molecule has 1 N–H and O–H groups in total. The Morgan fingerprint density at radius 3 is 2.24 bits per heavy atom. The van der Waals surface area contributed by atoms with Crippen LogP contribution in [-0.4, -0.2) is 82.0 Å². The van der Waals surface area contributed by atoms with Gasteiger partial charge in [0.2, 0.25) is 5.91 Å². The van der Waals surface area contributed by atoms with E-state index in [1.54, 1.807) is 39.7 Å². The van der Waals surface area contributed by atoms with Crippen molar-refractivity contribution in [3.05, 3.63) is 35.9 Å². The molecule has 0 saturated carbocycles. The van der Waals surface area contributed by atoms with Gasteiger partial charge in [-0.15, -0.1) is 0 Å². The Bertz CT molecular complexity index is 690. The monoisotopic (exact) mass is 468 g/mol. The second-order valence-corrected chi connectivity index (χ2v) is 8.70. The van der Waals surface area contributed by atoms with Gasteiger partial charge in [-0.2, -0.15) is 0 Å². The Hall–Kier alpha value is -2.20. The van der Waals surface area contributed by atoms with Gasteiger partial charge >= 0.3 is 6.09 Å². The van der Waals surface area contributed by atoms with Crippen LogP contribution in [-0.2, 0) is 35.1 Å². The third-order valence-electron chi connectivity index (χ3n) is 4.77. The van der Waals surface area contributed by atoms with Crippen LogP contribution in [0, 0.1) is 0 Å². The van der Waals surface area contributed by atoms with E-state index in [-0.39, 0.29) is 18.5 Å². The van der Waals surface area contributed by atoms with E-state index >= 15 is 0 Å². The summed E-state index contributed by atoms with van der Waals surface area (Å²) in [6.45, 7) is 8.25. The molecule has 0 radical (unpaired) electrons. The number of hydrogen-bond donors (Lipinski definition) is 1. The van der Waals surface area contributed by atoms with Gasteiger partial charge in [-0.1, -0.05) is 30.3 Å². The molecule has 1 aromatic carbocycles. The van der Waals surface area contributed by atoms with Crippen molar-refractivity contribution >= 4 is 12.0 Å². The third-order valence-corrected chi connectivity index (χ3v) is 4.77. The minimum atomic E-state index is -0.821. The van der Waals surface area contributed by atoms with Crippen LogP contribution < -0.4 is 5.32 Å². The van der Waals surface area contributed by atoms with Crippen LogP contribution in [0.2, 0.25) is 0 Å². The summed E-state index contributed by atoms with van der Waals surface area (Å²) < 4.78 is 27.1. The van der Waals surface area contributed by atoms with E-state index in [0.29, 0.717) is 26.2 Å². The molecule has 0 aliphatic carbocycles. The quantitative estimate of drug-likeness (QED) is 0.331. The molecule has 0 unspecified atom stereocenters. The minimum absolute atomic E-state index is 0.166. The summed E-state index contributed by atoms with van der Waals surface area (Å²) in [6, 6.07) is 8.73. The van der Waals surface area contributed by atoms with Gasteiger partial charge in [0.05, 0.1) is 25.8 Å². The first-order chi connectivity index (χ1) is 15.6. The average molecular weight is 469 g/mol. The molecule has 33 heavy (non-hydrogen) atoms. The molecule has 0 saturated heterocycles. The molecule has 0 aliphatic heterocycles. The number of carbonyl (C=O) groups excluding carboxylic acids is 2. The van der Waals surface area contributed by atoms with Gasteiger partial charge in [0.15, 0.2) is 6.29 Å². The van der Waals surface area contributed by atoms with Gasteiger partial charge in [-0.05, 0) is 39.7 Å². The molecule has 0 fully saturated rings. The van der Waals surface area contributed by atoms with E-state index < -0.39 is 24.0 Å². The van der Waals surface area contributed by atoms with E-state index in [4.69, 9.17) is 23.7 Å². The number of nitrogens with one attached hydrogen (secondary N) is 1. The lowest BCUT2D eigenvalue weighted by Gasteiger charge is -2.35. The molecule has 0 bridgehead atoms. The number of benzene rings is 1. The smallest absolute Gasteiger partial charge is 0.408 e. The number of nitrogens with zero attached hydrogens (tertiary/aromatic N) is 1. The molecule has 188 valence electrons. The number of alkyl carbamates (subject to hydrolysis) is 1. The lowest BCUT2D eigenvalue weighted by atomic mass is 10.1. The summed E-state index contributed by atoms with van der Waals surface area (Å²) in [5, 5.41) is 2.61. The third kappa shape index (κ3) is 11.5. The van der Waals surface area contributed by atoms with E-state index in [9.17, 15) is 9.59 Å². The lowest BCUT2D eigenvalue weighted by molar-refractivity contribution is -0.153.